The number of carbonyl (C=O) groups is 1. The van der Waals surface area contributed by atoms with Crippen LogP contribution in [0.25, 0.3) is 0 Å². The number of benzene rings is 1. The quantitative estimate of drug-likeness (QED) is 0.818. The minimum Gasteiger partial charge on any atom is -0.322 e. The van der Waals surface area contributed by atoms with Crippen LogP contribution in [0.4, 0.5) is 10.1 Å². The van der Waals surface area contributed by atoms with E-state index < -0.39 is 17.8 Å². The van der Waals surface area contributed by atoms with Crippen LogP contribution in [0.5, 0.6) is 0 Å². The number of nitrogens with one attached hydrogen (secondary N) is 1. The standard InChI is InChI=1S/C10H13FN2O.ClH/c1-6-3-4-9(8(11)5-6)13-10(14)7(2)12;/h3-5,7H,12H2,1-2H3,(H,13,14);1H. The van der Waals surface area contributed by atoms with Crippen molar-refractivity contribution in [2.45, 2.75) is 19.9 Å². The van der Waals surface area contributed by atoms with Gasteiger partial charge in [0.05, 0.1) is 11.7 Å². The van der Waals surface area contributed by atoms with Crippen molar-refractivity contribution in [3.8, 4) is 0 Å². The topological polar surface area (TPSA) is 55.1 Å². The highest BCUT2D eigenvalue weighted by atomic mass is 35.5. The van der Waals surface area contributed by atoms with Crippen molar-refractivity contribution in [2.75, 3.05) is 5.32 Å². The molecule has 5 heteroatoms. The molecule has 1 unspecified atom stereocenters. The summed E-state index contributed by atoms with van der Waals surface area (Å²) in [5.74, 6) is -0.841. The summed E-state index contributed by atoms with van der Waals surface area (Å²) in [6, 6.07) is 3.96. The maximum absolute atomic E-state index is 13.2. The largest absolute Gasteiger partial charge is 0.322 e. The van der Waals surface area contributed by atoms with E-state index >= 15 is 0 Å². The number of hydrogen-bond acceptors (Lipinski definition) is 2. The van der Waals surface area contributed by atoms with Gasteiger partial charge >= 0.3 is 0 Å². The summed E-state index contributed by atoms with van der Waals surface area (Å²) >= 11 is 0. The van der Waals surface area contributed by atoms with Gasteiger partial charge < -0.3 is 11.1 Å². The van der Waals surface area contributed by atoms with Crippen LogP contribution in [0, 0.1) is 12.7 Å². The fourth-order valence-electron chi connectivity index (χ4n) is 0.968. The third-order valence-corrected chi connectivity index (χ3v) is 1.80. The predicted molar refractivity (Wildman–Crippen MR) is 60.7 cm³/mol. The van der Waals surface area contributed by atoms with Gasteiger partial charge in [-0.1, -0.05) is 6.07 Å². The molecule has 0 spiro atoms. The molecule has 0 aliphatic heterocycles. The number of amides is 1. The number of anilines is 1. The first-order chi connectivity index (χ1) is 6.50. The number of carbonyl (C=O) groups excluding carboxylic acids is 1. The normalized spacial score (nSPS) is 11.5. The van der Waals surface area contributed by atoms with E-state index in [1.165, 1.54) is 12.1 Å². The monoisotopic (exact) mass is 232 g/mol. The number of halogens is 2. The highest BCUT2D eigenvalue weighted by Gasteiger charge is 2.10. The lowest BCUT2D eigenvalue weighted by molar-refractivity contribution is -0.117. The first kappa shape index (κ1) is 13.9. The molecule has 0 aromatic heterocycles. The molecule has 0 saturated carbocycles. The average molecular weight is 233 g/mol. The molecule has 0 aliphatic rings. The van der Waals surface area contributed by atoms with E-state index in [9.17, 15) is 9.18 Å². The van der Waals surface area contributed by atoms with Crippen LogP contribution in [-0.4, -0.2) is 11.9 Å². The molecule has 0 radical (unpaired) electrons. The van der Waals surface area contributed by atoms with E-state index in [0.717, 1.165) is 5.56 Å². The fourth-order valence-corrected chi connectivity index (χ4v) is 0.968. The Morgan fingerprint density at radius 2 is 2.13 bits per heavy atom. The van der Waals surface area contributed by atoms with Crippen LogP contribution in [0.3, 0.4) is 0 Å². The van der Waals surface area contributed by atoms with Gasteiger partial charge in [0.25, 0.3) is 0 Å². The molecule has 3 N–H and O–H groups in total. The minimum atomic E-state index is -0.643. The summed E-state index contributed by atoms with van der Waals surface area (Å²) < 4.78 is 13.2. The van der Waals surface area contributed by atoms with E-state index in [-0.39, 0.29) is 18.1 Å². The van der Waals surface area contributed by atoms with Gasteiger partial charge in [0.15, 0.2) is 0 Å². The molecule has 0 saturated heterocycles. The SMILES string of the molecule is Cc1ccc(NC(=O)C(C)N)c(F)c1.Cl. The Labute approximate surface area is 94.3 Å². The first-order valence-corrected chi connectivity index (χ1v) is 4.33. The van der Waals surface area contributed by atoms with Crippen LogP contribution in [-0.2, 0) is 4.79 Å². The summed E-state index contributed by atoms with van der Waals surface area (Å²) in [4.78, 5) is 11.1. The van der Waals surface area contributed by atoms with Crippen molar-refractivity contribution in [1.29, 1.82) is 0 Å². The molecule has 0 heterocycles. The Morgan fingerprint density at radius 1 is 1.53 bits per heavy atom. The van der Waals surface area contributed by atoms with Crippen LogP contribution < -0.4 is 11.1 Å². The van der Waals surface area contributed by atoms with Crippen molar-refractivity contribution < 1.29 is 9.18 Å². The van der Waals surface area contributed by atoms with E-state index in [2.05, 4.69) is 5.32 Å². The van der Waals surface area contributed by atoms with Gasteiger partial charge in [-0.3, -0.25) is 4.79 Å². The van der Waals surface area contributed by atoms with E-state index in [1.54, 1.807) is 19.9 Å². The Balaban J connectivity index is 0.00000196. The van der Waals surface area contributed by atoms with Crippen molar-refractivity contribution in [2.24, 2.45) is 5.73 Å². The number of hydrogen-bond donors (Lipinski definition) is 2. The molecule has 1 amide bonds. The van der Waals surface area contributed by atoms with Crippen LogP contribution >= 0.6 is 12.4 Å². The molecule has 3 nitrogen and oxygen atoms in total. The summed E-state index contributed by atoms with van der Waals surface area (Å²) in [6.07, 6.45) is 0. The Kier molecular flexibility index (Phi) is 5.25. The second kappa shape index (κ2) is 5.68. The lowest BCUT2D eigenvalue weighted by Gasteiger charge is -2.08. The van der Waals surface area contributed by atoms with Crippen LogP contribution in [0.2, 0.25) is 0 Å². The van der Waals surface area contributed by atoms with Gasteiger partial charge in [0.1, 0.15) is 5.82 Å². The third-order valence-electron chi connectivity index (χ3n) is 1.80. The molecule has 0 aliphatic carbocycles. The Bertz CT molecular complexity index is 355. The lowest BCUT2D eigenvalue weighted by Crippen LogP contribution is -2.32. The zero-order valence-corrected chi connectivity index (χ0v) is 9.40. The first-order valence-electron chi connectivity index (χ1n) is 4.33. The van der Waals surface area contributed by atoms with Gasteiger partial charge in [-0.25, -0.2) is 4.39 Å². The molecule has 0 bridgehead atoms. The van der Waals surface area contributed by atoms with Gasteiger partial charge in [-0.05, 0) is 31.5 Å². The Morgan fingerprint density at radius 3 is 2.60 bits per heavy atom. The van der Waals surface area contributed by atoms with E-state index in [0.29, 0.717) is 0 Å². The molecule has 1 aromatic rings. The van der Waals surface area contributed by atoms with Crippen LogP contribution in [0.15, 0.2) is 18.2 Å². The highest BCUT2D eigenvalue weighted by Crippen LogP contribution is 2.15. The second-order valence-corrected chi connectivity index (χ2v) is 3.26. The summed E-state index contributed by atoms with van der Waals surface area (Å²) in [5.41, 5.74) is 6.30. The second-order valence-electron chi connectivity index (χ2n) is 3.26. The zero-order chi connectivity index (χ0) is 10.7. The number of rotatable bonds is 2. The van der Waals surface area contributed by atoms with Crippen molar-refractivity contribution in [1.82, 2.24) is 0 Å². The van der Waals surface area contributed by atoms with Gasteiger partial charge in [-0.2, -0.15) is 0 Å². The molecule has 15 heavy (non-hydrogen) atoms. The fraction of sp³-hybridized carbons (Fsp3) is 0.300. The molecule has 84 valence electrons. The third kappa shape index (κ3) is 3.85. The lowest BCUT2D eigenvalue weighted by atomic mass is 10.2. The minimum absolute atomic E-state index is 0. The highest BCUT2D eigenvalue weighted by molar-refractivity contribution is 5.94. The number of nitrogens with two attached hydrogens (primary N) is 1. The van der Waals surface area contributed by atoms with Gasteiger partial charge in [0.2, 0.25) is 5.91 Å². The average Bonchev–Trinajstić information content (AvgIpc) is 2.09. The summed E-state index contributed by atoms with van der Waals surface area (Å²) in [7, 11) is 0. The Hall–Kier alpha value is -1.13. The summed E-state index contributed by atoms with van der Waals surface area (Å²) in [6.45, 7) is 3.32. The maximum atomic E-state index is 13.2. The van der Waals surface area contributed by atoms with Crippen LogP contribution in [0.1, 0.15) is 12.5 Å². The van der Waals surface area contributed by atoms with E-state index in [4.69, 9.17) is 5.73 Å². The molecular weight excluding hydrogens is 219 g/mol. The predicted octanol–water partition coefficient (Wildman–Crippen LogP) is 1.84. The van der Waals surface area contributed by atoms with E-state index in [1.807, 2.05) is 0 Å². The number of aryl methyl sites for hydroxylation is 1. The molecular formula is C10H14ClFN2O. The molecule has 0 fully saturated rings. The molecule has 1 rings (SSSR count). The molecule has 1 atom stereocenters. The van der Waals surface area contributed by atoms with Gasteiger partial charge in [-0.15, -0.1) is 12.4 Å². The smallest absolute Gasteiger partial charge is 0.241 e. The van der Waals surface area contributed by atoms with Crippen molar-refractivity contribution in [3.05, 3.63) is 29.6 Å². The van der Waals surface area contributed by atoms with Crippen molar-refractivity contribution >= 4 is 24.0 Å². The maximum Gasteiger partial charge on any atom is 0.241 e. The molecule has 1 aromatic carbocycles. The summed E-state index contributed by atoms with van der Waals surface area (Å²) in [5, 5.41) is 2.40. The van der Waals surface area contributed by atoms with Gasteiger partial charge in [0, 0.05) is 0 Å². The van der Waals surface area contributed by atoms with Crippen molar-refractivity contribution in [3.63, 3.8) is 0 Å². The zero-order valence-electron chi connectivity index (χ0n) is 8.58.